The molecule has 0 atom stereocenters. The van der Waals surface area contributed by atoms with Gasteiger partial charge in [-0.25, -0.2) is 4.68 Å². The van der Waals surface area contributed by atoms with Crippen molar-refractivity contribution in [2.24, 2.45) is 0 Å². The molecule has 1 heterocycles. The zero-order valence-corrected chi connectivity index (χ0v) is 10.9. The van der Waals surface area contributed by atoms with Crippen LogP contribution in [0.4, 0.5) is 0 Å². The average Bonchev–Trinajstić information content (AvgIpc) is 2.93. The van der Waals surface area contributed by atoms with Crippen LogP contribution in [0, 0.1) is 11.3 Å². The number of rotatable bonds is 5. The highest BCUT2D eigenvalue weighted by Gasteiger charge is 2.11. The number of carbonyl (C=O) groups is 2. The molecule has 106 valence electrons. The number of hydrogen-bond acceptors (Lipinski definition) is 5. The van der Waals surface area contributed by atoms with Gasteiger partial charge in [0, 0.05) is 6.54 Å². The smallest absolute Gasteiger partial charge is 0.325 e. The fourth-order valence-electron chi connectivity index (χ4n) is 1.59. The standard InChI is InChI=1S/C13H11N5O3/c14-5-9-1-3-10(4-2-9)6-15-13(21)11-7-18(17-16-11)8-12(19)20/h1-4,7H,6,8H2,(H,15,21)(H,19,20). The number of carboxylic acids is 1. The quantitative estimate of drug-likeness (QED) is 0.807. The summed E-state index contributed by atoms with van der Waals surface area (Å²) in [6.45, 7) is -0.0771. The number of carboxylic acid groups (broad SMARTS) is 1. The summed E-state index contributed by atoms with van der Waals surface area (Å²) in [4.78, 5) is 22.3. The van der Waals surface area contributed by atoms with E-state index in [0.717, 1.165) is 10.2 Å². The van der Waals surface area contributed by atoms with Crippen LogP contribution < -0.4 is 5.32 Å². The van der Waals surface area contributed by atoms with Crippen LogP contribution in [0.15, 0.2) is 30.5 Å². The molecular formula is C13H11N5O3. The van der Waals surface area contributed by atoms with E-state index in [9.17, 15) is 9.59 Å². The Kier molecular flexibility index (Phi) is 4.26. The van der Waals surface area contributed by atoms with Gasteiger partial charge in [0.05, 0.1) is 17.8 Å². The van der Waals surface area contributed by atoms with E-state index in [-0.39, 0.29) is 18.8 Å². The van der Waals surface area contributed by atoms with E-state index in [0.29, 0.717) is 5.56 Å². The molecule has 0 spiro atoms. The second-order valence-corrected chi connectivity index (χ2v) is 4.19. The second kappa shape index (κ2) is 6.29. The topological polar surface area (TPSA) is 121 Å². The highest BCUT2D eigenvalue weighted by atomic mass is 16.4. The van der Waals surface area contributed by atoms with Gasteiger partial charge in [-0.3, -0.25) is 9.59 Å². The predicted octanol–water partition coefficient (Wildman–Crippen LogP) is 0.164. The van der Waals surface area contributed by atoms with E-state index >= 15 is 0 Å². The van der Waals surface area contributed by atoms with Crippen molar-refractivity contribution in [2.75, 3.05) is 0 Å². The highest BCUT2D eigenvalue weighted by molar-refractivity contribution is 5.91. The summed E-state index contributed by atoms with van der Waals surface area (Å²) in [5.41, 5.74) is 1.42. The molecule has 0 saturated carbocycles. The van der Waals surface area contributed by atoms with Crippen molar-refractivity contribution in [3.8, 4) is 6.07 Å². The Bertz CT molecular complexity index is 699. The molecule has 1 amide bonds. The Morgan fingerprint density at radius 2 is 2.05 bits per heavy atom. The summed E-state index contributed by atoms with van der Waals surface area (Å²) in [6, 6.07) is 8.79. The Morgan fingerprint density at radius 1 is 1.33 bits per heavy atom. The molecule has 1 aromatic carbocycles. The number of amides is 1. The van der Waals surface area contributed by atoms with Gasteiger partial charge in [0.15, 0.2) is 5.69 Å². The van der Waals surface area contributed by atoms with Crippen LogP contribution in [0.1, 0.15) is 21.6 Å². The van der Waals surface area contributed by atoms with Gasteiger partial charge in [-0.1, -0.05) is 17.3 Å². The maximum absolute atomic E-state index is 11.8. The van der Waals surface area contributed by atoms with Crippen molar-refractivity contribution in [2.45, 2.75) is 13.1 Å². The molecule has 0 bridgehead atoms. The van der Waals surface area contributed by atoms with E-state index < -0.39 is 11.9 Å². The van der Waals surface area contributed by atoms with Gasteiger partial charge in [-0.15, -0.1) is 5.10 Å². The maximum atomic E-state index is 11.8. The van der Waals surface area contributed by atoms with Crippen molar-refractivity contribution in [1.82, 2.24) is 20.3 Å². The minimum absolute atomic E-state index is 0.0462. The Balaban J connectivity index is 1.93. The molecule has 8 heteroatoms. The number of nitrogens with one attached hydrogen (secondary N) is 1. The third kappa shape index (κ3) is 3.87. The van der Waals surface area contributed by atoms with Crippen LogP contribution in [0.2, 0.25) is 0 Å². The minimum atomic E-state index is -1.07. The van der Waals surface area contributed by atoms with Crippen molar-refractivity contribution in [1.29, 1.82) is 5.26 Å². The zero-order valence-electron chi connectivity index (χ0n) is 10.9. The van der Waals surface area contributed by atoms with Gasteiger partial charge in [0.2, 0.25) is 0 Å². The van der Waals surface area contributed by atoms with Crippen molar-refractivity contribution >= 4 is 11.9 Å². The molecule has 2 N–H and O–H groups in total. The first-order chi connectivity index (χ1) is 10.1. The number of hydrogen-bond donors (Lipinski definition) is 2. The lowest BCUT2D eigenvalue weighted by Crippen LogP contribution is -2.23. The van der Waals surface area contributed by atoms with Crippen LogP contribution in [-0.4, -0.2) is 32.0 Å². The summed E-state index contributed by atoms with van der Waals surface area (Å²) in [6.07, 6.45) is 1.27. The monoisotopic (exact) mass is 285 g/mol. The number of benzene rings is 1. The molecule has 1 aromatic heterocycles. The molecule has 0 aliphatic heterocycles. The first-order valence-electron chi connectivity index (χ1n) is 5.97. The number of nitriles is 1. The fourth-order valence-corrected chi connectivity index (χ4v) is 1.59. The van der Waals surface area contributed by atoms with Crippen molar-refractivity contribution in [3.05, 3.63) is 47.3 Å². The van der Waals surface area contributed by atoms with Gasteiger partial charge in [-0.05, 0) is 17.7 Å². The number of aliphatic carboxylic acids is 1. The maximum Gasteiger partial charge on any atom is 0.325 e. The van der Waals surface area contributed by atoms with Gasteiger partial charge >= 0.3 is 5.97 Å². The predicted molar refractivity (Wildman–Crippen MR) is 70.0 cm³/mol. The summed E-state index contributed by atoms with van der Waals surface area (Å²) in [5.74, 6) is -1.51. The number of aromatic nitrogens is 3. The molecule has 0 unspecified atom stereocenters. The van der Waals surface area contributed by atoms with Crippen LogP contribution in [0.25, 0.3) is 0 Å². The normalized spacial score (nSPS) is 9.86. The third-order valence-corrected chi connectivity index (χ3v) is 2.60. The lowest BCUT2D eigenvalue weighted by Gasteiger charge is -2.03. The Labute approximate surface area is 119 Å². The van der Waals surface area contributed by atoms with E-state index in [4.69, 9.17) is 10.4 Å². The number of nitrogens with zero attached hydrogens (tertiary/aromatic N) is 4. The Hall–Kier alpha value is -3.21. The van der Waals surface area contributed by atoms with Gasteiger partial charge in [0.1, 0.15) is 6.54 Å². The molecule has 0 radical (unpaired) electrons. The second-order valence-electron chi connectivity index (χ2n) is 4.19. The van der Waals surface area contributed by atoms with E-state index in [2.05, 4.69) is 15.6 Å². The molecule has 0 saturated heterocycles. The summed E-state index contributed by atoms with van der Waals surface area (Å²) in [7, 11) is 0. The van der Waals surface area contributed by atoms with E-state index in [1.54, 1.807) is 24.3 Å². The molecule has 2 aromatic rings. The summed E-state index contributed by atoms with van der Waals surface area (Å²) in [5, 5.41) is 27.1. The van der Waals surface area contributed by atoms with E-state index in [1.165, 1.54) is 6.20 Å². The SMILES string of the molecule is N#Cc1ccc(CNC(=O)c2cn(CC(=O)O)nn2)cc1. The highest BCUT2D eigenvalue weighted by Crippen LogP contribution is 2.03. The molecule has 0 aliphatic carbocycles. The minimum Gasteiger partial charge on any atom is -0.480 e. The van der Waals surface area contributed by atoms with Crippen LogP contribution in [0.3, 0.4) is 0 Å². The molecular weight excluding hydrogens is 274 g/mol. The average molecular weight is 285 g/mol. The van der Waals surface area contributed by atoms with E-state index in [1.807, 2.05) is 6.07 Å². The van der Waals surface area contributed by atoms with Gasteiger partial charge < -0.3 is 10.4 Å². The summed E-state index contributed by atoms with van der Waals surface area (Å²) < 4.78 is 1.07. The fraction of sp³-hybridized carbons (Fsp3) is 0.154. The molecule has 0 fully saturated rings. The van der Waals surface area contributed by atoms with Crippen molar-refractivity contribution < 1.29 is 14.7 Å². The molecule has 8 nitrogen and oxygen atoms in total. The molecule has 2 rings (SSSR count). The largest absolute Gasteiger partial charge is 0.480 e. The first kappa shape index (κ1) is 14.2. The first-order valence-corrected chi connectivity index (χ1v) is 5.97. The van der Waals surface area contributed by atoms with Crippen LogP contribution >= 0.6 is 0 Å². The number of carbonyl (C=O) groups excluding carboxylic acids is 1. The van der Waals surface area contributed by atoms with Crippen molar-refractivity contribution in [3.63, 3.8) is 0 Å². The van der Waals surface area contributed by atoms with Crippen LogP contribution in [-0.2, 0) is 17.9 Å². The Morgan fingerprint density at radius 3 is 2.67 bits per heavy atom. The third-order valence-electron chi connectivity index (χ3n) is 2.60. The molecule has 21 heavy (non-hydrogen) atoms. The van der Waals surface area contributed by atoms with Gasteiger partial charge in [-0.2, -0.15) is 5.26 Å². The molecule has 0 aliphatic rings. The summed E-state index contributed by atoms with van der Waals surface area (Å²) >= 11 is 0. The zero-order chi connectivity index (χ0) is 15.2. The lowest BCUT2D eigenvalue weighted by atomic mass is 10.1. The van der Waals surface area contributed by atoms with Gasteiger partial charge in [0.25, 0.3) is 5.91 Å². The van der Waals surface area contributed by atoms with Crippen LogP contribution in [0.5, 0.6) is 0 Å². The lowest BCUT2D eigenvalue weighted by molar-refractivity contribution is -0.137.